The van der Waals surface area contributed by atoms with Gasteiger partial charge in [-0.2, -0.15) is 18.4 Å². The first kappa shape index (κ1) is 27.8. The number of ether oxygens (including phenoxy) is 1. The van der Waals surface area contributed by atoms with E-state index >= 15 is 0 Å². The summed E-state index contributed by atoms with van der Waals surface area (Å²) in [5.74, 6) is 0.286. The standard InChI is InChI=1S/C27H30F3N5O2S/c1-4-18-15-21(7-8-23(18)37-14-13-33-11-9-32-10-12-33)35-25(38)34(24(36)26(35,2)3)20-6-5-19(17-31)22(16-20)27(28,29)30/h5-8,15-16,32H,4,9-14H2,1-3H3. The van der Waals surface area contributed by atoms with E-state index in [2.05, 4.69) is 10.2 Å². The lowest BCUT2D eigenvalue weighted by Crippen LogP contribution is -2.45. The minimum atomic E-state index is -4.75. The molecule has 0 atom stereocenters. The number of rotatable bonds is 7. The van der Waals surface area contributed by atoms with E-state index in [1.165, 1.54) is 6.07 Å². The highest BCUT2D eigenvalue weighted by Crippen LogP contribution is 2.40. The number of nitrogens with zero attached hydrogens (tertiary/aromatic N) is 4. The minimum Gasteiger partial charge on any atom is -0.492 e. The summed E-state index contributed by atoms with van der Waals surface area (Å²) in [6.07, 6.45) is -4.07. The third-order valence-corrected chi connectivity index (χ3v) is 7.28. The fourth-order valence-corrected chi connectivity index (χ4v) is 5.32. The zero-order valence-electron chi connectivity index (χ0n) is 21.6. The molecule has 0 spiro atoms. The lowest BCUT2D eigenvalue weighted by molar-refractivity contribution is -0.137. The van der Waals surface area contributed by atoms with Crippen LogP contribution in [0.3, 0.4) is 0 Å². The second kappa shape index (κ2) is 10.9. The van der Waals surface area contributed by atoms with Gasteiger partial charge in [0.2, 0.25) is 0 Å². The average molecular weight is 546 g/mol. The Labute approximate surface area is 225 Å². The van der Waals surface area contributed by atoms with E-state index in [1.54, 1.807) is 24.8 Å². The van der Waals surface area contributed by atoms with Crippen LogP contribution in [0.2, 0.25) is 0 Å². The predicted octanol–water partition coefficient (Wildman–Crippen LogP) is 4.34. The number of halogens is 3. The molecule has 0 radical (unpaired) electrons. The van der Waals surface area contributed by atoms with Crippen molar-refractivity contribution in [2.75, 3.05) is 49.1 Å². The van der Waals surface area contributed by atoms with Gasteiger partial charge in [-0.1, -0.05) is 6.92 Å². The van der Waals surface area contributed by atoms with Crippen LogP contribution in [-0.4, -0.2) is 60.8 Å². The third-order valence-electron chi connectivity index (χ3n) is 6.91. The SMILES string of the molecule is CCc1cc(N2C(=S)N(c3ccc(C#N)c(C(F)(F)F)c3)C(=O)C2(C)C)ccc1OCCN1CCNCC1. The van der Waals surface area contributed by atoms with Gasteiger partial charge < -0.3 is 15.0 Å². The van der Waals surface area contributed by atoms with Gasteiger partial charge in [0.25, 0.3) is 5.91 Å². The Morgan fingerprint density at radius 1 is 1.13 bits per heavy atom. The molecule has 4 rings (SSSR count). The molecule has 202 valence electrons. The summed E-state index contributed by atoms with van der Waals surface area (Å²) in [6, 6.07) is 10.3. The van der Waals surface area contributed by atoms with Crippen LogP contribution in [0.15, 0.2) is 36.4 Å². The number of nitrogens with one attached hydrogen (secondary N) is 1. The zero-order chi connectivity index (χ0) is 27.7. The lowest BCUT2D eigenvalue weighted by atomic mass is 10.0. The molecule has 0 aliphatic carbocycles. The number of carbonyl (C=O) groups is 1. The molecule has 0 aromatic heterocycles. The summed E-state index contributed by atoms with van der Waals surface area (Å²) in [5.41, 5.74) is -1.24. The fourth-order valence-electron chi connectivity index (χ4n) is 4.80. The molecule has 2 aliphatic rings. The van der Waals surface area contributed by atoms with E-state index in [0.717, 1.165) is 61.1 Å². The molecule has 0 saturated carbocycles. The highest BCUT2D eigenvalue weighted by Gasteiger charge is 2.50. The number of carbonyl (C=O) groups excluding carboxylic acids is 1. The molecule has 1 N–H and O–H groups in total. The number of benzene rings is 2. The van der Waals surface area contributed by atoms with Crippen molar-refractivity contribution < 1.29 is 22.7 Å². The molecule has 2 aromatic rings. The average Bonchev–Trinajstić information content (AvgIpc) is 3.07. The van der Waals surface area contributed by atoms with Crippen LogP contribution in [0.1, 0.15) is 37.5 Å². The Morgan fingerprint density at radius 3 is 2.45 bits per heavy atom. The summed E-state index contributed by atoms with van der Waals surface area (Å²) in [7, 11) is 0. The maximum absolute atomic E-state index is 13.6. The predicted molar refractivity (Wildman–Crippen MR) is 143 cm³/mol. The van der Waals surface area contributed by atoms with Crippen LogP contribution >= 0.6 is 12.2 Å². The molecule has 1 amide bonds. The summed E-state index contributed by atoms with van der Waals surface area (Å²) in [6.45, 7) is 10.6. The van der Waals surface area contributed by atoms with Gasteiger partial charge in [0.1, 0.15) is 17.9 Å². The van der Waals surface area contributed by atoms with Gasteiger partial charge in [0, 0.05) is 38.4 Å². The number of aryl methyl sites for hydroxylation is 1. The van der Waals surface area contributed by atoms with Crippen molar-refractivity contribution in [2.24, 2.45) is 0 Å². The zero-order valence-corrected chi connectivity index (χ0v) is 22.4. The molecule has 2 saturated heterocycles. The molecule has 7 nitrogen and oxygen atoms in total. The van der Waals surface area contributed by atoms with Gasteiger partial charge >= 0.3 is 6.18 Å². The third kappa shape index (κ3) is 5.34. The molecule has 0 bridgehead atoms. The maximum atomic E-state index is 13.6. The second-order valence-corrected chi connectivity index (χ2v) is 10.1. The maximum Gasteiger partial charge on any atom is 0.417 e. The van der Waals surface area contributed by atoms with Crippen molar-refractivity contribution in [1.29, 1.82) is 5.26 Å². The number of nitriles is 1. The van der Waals surface area contributed by atoms with Gasteiger partial charge in [0.15, 0.2) is 5.11 Å². The van der Waals surface area contributed by atoms with Crippen LogP contribution < -0.4 is 19.9 Å². The van der Waals surface area contributed by atoms with Gasteiger partial charge in [-0.05, 0) is 74.4 Å². The minimum absolute atomic E-state index is 0.0366. The van der Waals surface area contributed by atoms with Crippen molar-refractivity contribution in [2.45, 2.75) is 38.9 Å². The largest absolute Gasteiger partial charge is 0.492 e. The molecule has 2 aromatic carbocycles. The molecule has 2 aliphatic heterocycles. The number of hydrogen-bond acceptors (Lipinski definition) is 6. The van der Waals surface area contributed by atoms with E-state index in [0.29, 0.717) is 18.7 Å². The topological polar surface area (TPSA) is 71.8 Å². The van der Waals surface area contributed by atoms with E-state index < -0.39 is 28.7 Å². The Morgan fingerprint density at radius 2 is 1.82 bits per heavy atom. The van der Waals surface area contributed by atoms with E-state index in [1.807, 2.05) is 25.1 Å². The highest BCUT2D eigenvalue weighted by atomic mass is 32.1. The Balaban J connectivity index is 1.60. The van der Waals surface area contributed by atoms with Crippen molar-refractivity contribution in [3.05, 3.63) is 53.1 Å². The summed E-state index contributed by atoms with van der Waals surface area (Å²) in [4.78, 5) is 18.6. The Hall–Kier alpha value is -3.20. The molecule has 38 heavy (non-hydrogen) atoms. The molecule has 0 unspecified atom stereocenters. The number of anilines is 2. The van der Waals surface area contributed by atoms with E-state index in [-0.39, 0.29) is 10.8 Å². The number of alkyl halides is 3. The summed E-state index contributed by atoms with van der Waals surface area (Å²) >= 11 is 5.65. The van der Waals surface area contributed by atoms with Crippen LogP contribution in [0, 0.1) is 11.3 Å². The van der Waals surface area contributed by atoms with E-state index in [9.17, 15) is 18.0 Å². The monoisotopic (exact) mass is 545 g/mol. The molecule has 2 heterocycles. The van der Waals surface area contributed by atoms with Gasteiger partial charge in [-0.3, -0.25) is 14.6 Å². The lowest BCUT2D eigenvalue weighted by Gasteiger charge is -2.30. The molecule has 11 heteroatoms. The number of piperazine rings is 1. The van der Waals surface area contributed by atoms with E-state index in [4.69, 9.17) is 22.2 Å². The smallest absolute Gasteiger partial charge is 0.417 e. The van der Waals surface area contributed by atoms with Crippen molar-refractivity contribution in [3.63, 3.8) is 0 Å². The van der Waals surface area contributed by atoms with Crippen LogP contribution in [-0.2, 0) is 17.4 Å². The quantitative estimate of drug-likeness (QED) is 0.519. The summed E-state index contributed by atoms with van der Waals surface area (Å²) in [5, 5.41) is 12.5. The molecular formula is C27H30F3N5O2S. The van der Waals surface area contributed by atoms with Crippen LogP contribution in [0.25, 0.3) is 0 Å². The van der Waals surface area contributed by atoms with Gasteiger partial charge in [-0.15, -0.1) is 0 Å². The molecular weight excluding hydrogens is 515 g/mol. The number of thiocarbonyl (C=S) groups is 1. The van der Waals surface area contributed by atoms with Gasteiger partial charge in [0.05, 0.1) is 22.9 Å². The van der Waals surface area contributed by atoms with Crippen LogP contribution in [0.5, 0.6) is 5.75 Å². The number of hydrogen-bond donors (Lipinski definition) is 1. The first-order chi connectivity index (χ1) is 18.0. The van der Waals surface area contributed by atoms with Crippen molar-refractivity contribution >= 4 is 34.6 Å². The first-order valence-electron chi connectivity index (χ1n) is 12.5. The van der Waals surface area contributed by atoms with Crippen molar-refractivity contribution in [1.82, 2.24) is 10.2 Å². The highest BCUT2D eigenvalue weighted by molar-refractivity contribution is 7.81. The number of amides is 1. The first-order valence-corrected chi connectivity index (χ1v) is 12.9. The fraction of sp³-hybridized carbons (Fsp3) is 0.444. The van der Waals surface area contributed by atoms with Crippen molar-refractivity contribution in [3.8, 4) is 11.8 Å². The second-order valence-electron chi connectivity index (χ2n) is 9.74. The normalized spacial score (nSPS) is 18.1. The molecule has 2 fully saturated rings. The Bertz CT molecular complexity index is 1270. The van der Waals surface area contributed by atoms with Gasteiger partial charge in [-0.25, -0.2) is 0 Å². The summed E-state index contributed by atoms with van der Waals surface area (Å²) < 4.78 is 46.9. The van der Waals surface area contributed by atoms with Crippen LogP contribution in [0.4, 0.5) is 24.5 Å². The Kier molecular flexibility index (Phi) is 7.97.